The lowest BCUT2D eigenvalue weighted by Gasteiger charge is -2.62. The number of carbonyl (C=O) groups excluding carboxylic acids is 3. The number of fused-ring (bicyclic) bond motifs is 5. The summed E-state index contributed by atoms with van der Waals surface area (Å²) in [4.78, 5) is 34.9. The number of hydrogen-bond donors (Lipinski definition) is 1. The molecular formula is C27H42O7. The fourth-order valence-electron chi connectivity index (χ4n) is 8.80. The largest absolute Gasteiger partial charge is 0.463 e. The van der Waals surface area contributed by atoms with Crippen LogP contribution in [0.15, 0.2) is 0 Å². The van der Waals surface area contributed by atoms with E-state index >= 15 is 0 Å². The monoisotopic (exact) mass is 478 g/mol. The van der Waals surface area contributed by atoms with Crippen molar-refractivity contribution in [3.05, 3.63) is 0 Å². The maximum absolute atomic E-state index is 12.1. The summed E-state index contributed by atoms with van der Waals surface area (Å²) >= 11 is 0. The van der Waals surface area contributed by atoms with Gasteiger partial charge in [0.2, 0.25) is 0 Å². The van der Waals surface area contributed by atoms with E-state index in [4.69, 9.17) is 14.2 Å². The molecule has 4 fully saturated rings. The van der Waals surface area contributed by atoms with E-state index in [0.29, 0.717) is 30.1 Å². The molecule has 1 N–H and O–H groups in total. The fourth-order valence-corrected chi connectivity index (χ4v) is 8.80. The lowest BCUT2D eigenvalue weighted by atomic mass is 9.44. The van der Waals surface area contributed by atoms with Gasteiger partial charge in [0.05, 0.1) is 0 Å². The quantitative estimate of drug-likeness (QED) is 0.467. The van der Waals surface area contributed by atoms with Crippen molar-refractivity contribution in [1.82, 2.24) is 0 Å². The first-order chi connectivity index (χ1) is 15.9. The molecule has 4 saturated carbocycles. The van der Waals surface area contributed by atoms with Crippen LogP contribution in [0.2, 0.25) is 0 Å². The predicted octanol–water partition coefficient (Wildman–Crippen LogP) is 4.19. The SMILES string of the molecule is CC(=O)OC[C@H](OC(C)=O)C1(O)CCC2C3CC[C@H]4CC(OC(C)=O)CCC4(C)C3CCC21C. The molecule has 4 rings (SSSR count). The van der Waals surface area contributed by atoms with Crippen molar-refractivity contribution in [2.24, 2.45) is 34.5 Å². The molecule has 0 heterocycles. The zero-order valence-corrected chi connectivity index (χ0v) is 21.4. The highest BCUT2D eigenvalue weighted by molar-refractivity contribution is 5.67. The molecular weight excluding hydrogens is 436 g/mol. The van der Waals surface area contributed by atoms with Gasteiger partial charge in [-0.2, -0.15) is 0 Å². The maximum atomic E-state index is 12.1. The van der Waals surface area contributed by atoms with Gasteiger partial charge in [-0.05, 0) is 86.9 Å². The van der Waals surface area contributed by atoms with Crippen LogP contribution in [-0.4, -0.2) is 47.4 Å². The molecule has 0 spiro atoms. The van der Waals surface area contributed by atoms with Gasteiger partial charge in [0.15, 0.2) is 6.10 Å². The summed E-state index contributed by atoms with van der Waals surface area (Å²) < 4.78 is 16.4. The molecule has 9 atom stereocenters. The van der Waals surface area contributed by atoms with E-state index in [1.54, 1.807) is 0 Å². The number of rotatable bonds is 5. The molecule has 7 heteroatoms. The summed E-state index contributed by atoms with van der Waals surface area (Å²) in [6.45, 7) is 8.66. The second-order valence-corrected chi connectivity index (χ2v) is 12.0. The molecule has 0 bridgehead atoms. The zero-order chi connectivity index (χ0) is 24.9. The van der Waals surface area contributed by atoms with Gasteiger partial charge in [0.1, 0.15) is 18.3 Å². The molecule has 0 aromatic carbocycles. The molecule has 7 nitrogen and oxygen atoms in total. The predicted molar refractivity (Wildman–Crippen MR) is 124 cm³/mol. The first kappa shape index (κ1) is 25.5. The van der Waals surface area contributed by atoms with E-state index in [-0.39, 0.29) is 24.1 Å². The molecule has 0 amide bonds. The Balaban J connectivity index is 1.55. The van der Waals surface area contributed by atoms with Crippen LogP contribution in [0, 0.1) is 34.5 Å². The highest BCUT2D eigenvalue weighted by Gasteiger charge is 2.67. The summed E-state index contributed by atoms with van der Waals surface area (Å²) in [5, 5.41) is 12.1. The Morgan fingerprint density at radius 3 is 2.24 bits per heavy atom. The third-order valence-corrected chi connectivity index (χ3v) is 10.4. The van der Waals surface area contributed by atoms with Gasteiger partial charge in [-0.15, -0.1) is 0 Å². The highest BCUT2D eigenvalue weighted by atomic mass is 16.6. The van der Waals surface area contributed by atoms with Crippen LogP contribution in [0.3, 0.4) is 0 Å². The standard InChI is InChI=1S/C27H42O7/c1-16(28)32-15-24(34-18(3)30)27(31)13-10-23-21-7-6-19-14-20(33-17(2)29)8-11-25(19,4)22(21)9-12-26(23,27)5/h19-24,31H,6-15H2,1-5H3/t19-,20?,21?,22?,23?,24-,25?,26?,27?/m0/s1. The van der Waals surface area contributed by atoms with Crippen LogP contribution in [0.4, 0.5) is 0 Å². The van der Waals surface area contributed by atoms with Crippen LogP contribution in [0.25, 0.3) is 0 Å². The molecule has 4 aliphatic carbocycles. The Labute approximate surface area is 203 Å². The Morgan fingerprint density at radius 2 is 1.59 bits per heavy atom. The Morgan fingerprint density at radius 1 is 0.882 bits per heavy atom. The van der Waals surface area contributed by atoms with Crippen molar-refractivity contribution in [3.8, 4) is 0 Å². The van der Waals surface area contributed by atoms with Gasteiger partial charge in [-0.3, -0.25) is 14.4 Å². The van der Waals surface area contributed by atoms with E-state index in [2.05, 4.69) is 13.8 Å². The highest BCUT2D eigenvalue weighted by Crippen LogP contribution is 2.69. The van der Waals surface area contributed by atoms with E-state index in [9.17, 15) is 19.5 Å². The summed E-state index contributed by atoms with van der Waals surface area (Å²) in [6, 6.07) is 0. The first-order valence-electron chi connectivity index (χ1n) is 13.1. The summed E-state index contributed by atoms with van der Waals surface area (Å²) in [5.41, 5.74) is -1.38. The lowest BCUT2D eigenvalue weighted by Crippen LogP contribution is -2.61. The van der Waals surface area contributed by atoms with Crippen LogP contribution in [0.5, 0.6) is 0 Å². The van der Waals surface area contributed by atoms with Gasteiger partial charge in [0.25, 0.3) is 0 Å². The summed E-state index contributed by atoms with van der Waals surface area (Å²) in [5.74, 6) is 0.919. The topological polar surface area (TPSA) is 99.1 Å². The molecule has 34 heavy (non-hydrogen) atoms. The van der Waals surface area contributed by atoms with Crippen molar-refractivity contribution >= 4 is 17.9 Å². The molecule has 7 unspecified atom stereocenters. The van der Waals surface area contributed by atoms with Crippen molar-refractivity contribution in [2.45, 2.75) is 110 Å². The van der Waals surface area contributed by atoms with E-state index in [1.165, 1.54) is 20.8 Å². The minimum atomic E-state index is -1.21. The fraction of sp³-hybridized carbons (Fsp3) is 0.889. The number of aliphatic hydroxyl groups is 1. The van der Waals surface area contributed by atoms with E-state index in [0.717, 1.165) is 51.4 Å². The number of ether oxygens (including phenoxy) is 3. The van der Waals surface area contributed by atoms with Gasteiger partial charge in [0, 0.05) is 26.2 Å². The normalized spacial score (nSPS) is 44.1. The molecule has 192 valence electrons. The van der Waals surface area contributed by atoms with Gasteiger partial charge >= 0.3 is 17.9 Å². The average molecular weight is 479 g/mol. The molecule has 0 aliphatic heterocycles. The third kappa shape index (κ3) is 4.16. The van der Waals surface area contributed by atoms with Crippen molar-refractivity contribution in [3.63, 3.8) is 0 Å². The summed E-state index contributed by atoms with van der Waals surface area (Å²) in [6.07, 6.45) is 7.74. The first-order valence-corrected chi connectivity index (χ1v) is 13.1. The Hall–Kier alpha value is -1.63. The lowest BCUT2D eigenvalue weighted by molar-refractivity contribution is -0.213. The van der Waals surface area contributed by atoms with Crippen LogP contribution in [-0.2, 0) is 28.6 Å². The molecule has 0 aromatic rings. The summed E-state index contributed by atoms with van der Waals surface area (Å²) in [7, 11) is 0. The van der Waals surface area contributed by atoms with E-state index in [1.807, 2.05) is 0 Å². The zero-order valence-electron chi connectivity index (χ0n) is 21.4. The minimum Gasteiger partial charge on any atom is -0.463 e. The number of hydrogen-bond acceptors (Lipinski definition) is 7. The van der Waals surface area contributed by atoms with Crippen LogP contribution < -0.4 is 0 Å². The number of carbonyl (C=O) groups is 3. The van der Waals surface area contributed by atoms with Crippen LogP contribution in [0.1, 0.15) is 92.4 Å². The molecule has 4 aliphatic rings. The van der Waals surface area contributed by atoms with Gasteiger partial charge < -0.3 is 19.3 Å². The van der Waals surface area contributed by atoms with Gasteiger partial charge in [-0.25, -0.2) is 0 Å². The van der Waals surface area contributed by atoms with Crippen LogP contribution >= 0.6 is 0 Å². The van der Waals surface area contributed by atoms with Crippen molar-refractivity contribution in [1.29, 1.82) is 0 Å². The molecule has 0 aromatic heterocycles. The number of esters is 3. The van der Waals surface area contributed by atoms with Crippen molar-refractivity contribution in [2.75, 3.05) is 6.61 Å². The third-order valence-electron chi connectivity index (χ3n) is 10.4. The second kappa shape index (κ2) is 9.11. The van der Waals surface area contributed by atoms with Crippen molar-refractivity contribution < 1.29 is 33.7 Å². The molecule has 0 radical (unpaired) electrons. The Bertz CT molecular complexity index is 826. The van der Waals surface area contributed by atoms with Gasteiger partial charge in [-0.1, -0.05) is 13.8 Å². The smallest absolute Gasteiger partial charge is 0.303 e. The minimum absolute atomic E-state index is 0.0447. The van der Waals surface area contributed by atoms with E-state index < -0.39 is 29.1 Å². The second-order valence-electron chi connectivity index (χ2n) is 12.0. The molecule has 0 saturated heterocycles. The Kier molecular flexibility index (Phi) is 6.82. The maximum Gasteiger partial charge on any atom is 0.303 e. The average Bonchev–Trinajstić information content (AvgIpc) is 3.02.